The summed E-state index contributed by atoms with van der Waals surface area (Å²) in [5.74, 6) is -0.876. The second-order valence-corrected chi connectivity index (χ2v) is 6.10. The van der Waals surface area contributed by atoms with Crippen LogP contribution in [0.4, 0.5) is 0 Å². The first-order valence-corrected chi connectivity index (χ1v) is 8.18. The number of carboxylic acid groups (broad SMARTS) is 1. The van der Waals surface area contributed by atoms with Gasteiger partial charge in [-0.05, 0) is 23.8 Å². The van der Waals surface area contributed by atoms with Crippen LogP contribution in [0.15, 0.2) is 71.8 Å². The third kappa shape index (κ3) is 7.42. The van der Waals surface area contributed by atoms with Gasteiger partial charge >= 0.3 is 27.0 Å². The fourth-order valence-corrected chi connectivity index (χ4v) is 3.46. The van der Waals surface area contributed by atoms with Crippen LogP contribution < -0.4 is 29.6 Å². The summed E-state index contributed by atoms with van der Waals surface area (Å²) in [6.07, 6.45) is 4.63. The monoisotopic (exact) mass is 675 g/mol. The number of halogens is 2. The largest absolute Gasteiger partial charge is 4.00 e. The second kappa shape index (κ2) is 15.2. The van der Waals surface area contributed by atoms with Crippen LogP contribution in [0, 0.1) is 30.9 Å². The first kappa shape index (κ1) is 34.9. The van der Waals surface area contributed by atoms with Crippen LogP contribution in [0.3, 0.4) is 0 Å². The minimum atomic E-state index is -1.01. The van der Waals surface area contributed by atoms with E-state index >= 15 is 0 Å². The number of hydrogen-bond donors (Lipinski definition) is 2. The van der Waals surface area contributed by atoms with Gasteiger partial charge in [0.25, 0.3) is 0 Å². The number of carbonyl (C=O) groups is 2. The predicted molar refractivity (Wildman–Crippen MR) is 112 cm³/mol. The van der Waals surface area contributed by atoms with Crippen molar-refractivity contribution in [3.63, 3.8) is 0 Å². The van der Waals surface area contributed by atoms with E-state index in [2.05, 4.69) is 0 Å². The molecule has 0 bridgehead atoms. The molecule has 1 aliphatic heterocycles. The van der Waals surface area contributed by atoms with E-state index in [9.17, 15) is 19.8 Å². The van der Waals surface area contributed by atoms with Gasteiger partial charge in [-0.2, -0.15) is 0 Å². The van der Waals surface area contributed by atoms with Gasteiger partial charge in [0.05, 0.1) is 5.56 Å². The number of fused-ring (bicyclic) bond motifs is 2. The molecule has 1 aliphatic carbocycles. The average Bonchev–Trinajstić information content (AvgIpc) is 2.66. The molecule has 0 spiro atoms. The molecule has 0 radical (unpaired) electrons. The Morgan fingerprint density at radius 1 is 1.06 bits per heavy atom. The minimum Gasteiger partial charge on any atom is -1.00 e. The Bertz CT molecular complexity index is 1030. The van der Waals surface area contributed by atoms with Crippen LogP contribution in [-0.4, -0.2) is 22.0 Å². The molecule has 2 aromatic carbocycles. The zero-order valence-corrected chi connectivity index (χ0v) is 21.2. The fourth-order valence-electron chi connectivity index (χ4n) is 3.46. The summed E-state index contributed by atoms with van der Waals surface area (Å²) in [7, 11) is 0. The van der Waals surface area contributed by atoms with Crippen molar-refractivity contribution in [3.8, 4) is 11.5 Å². The van der Waals surface area contributed by atoms with E-state index in [1.165, 1.54) is 18.2 Å². The number of allylic oxidation sites excluding steroid dienone is 3. The maximum atomic E-state index is 11.7. The van der Waals surface area contributed by atoms with Crippen LogP contribution >= 0.6 is 0 Å². The van der Waals surface area contributed by atoms with Gasteiger partial charge in [-0.3, -0.25) is 4.79 Å². The van der Waals surface area contributed by atoms with Gasteiger partial charge in [0.1, 0.15) is 17.3 Å². The average molecular weight is 676 g/mol. The van der Waals surface area contributed by atoms with Crippen molar-refractivity contribution in [1.82, 2.24) is 0 Å². The zero-order chi connectivity index (χ0) is 20.3. The van der Waals surface area contributed by atoms with Crippen molar-refractivity contribution < 1.29 is 70.4 Å². The fraction of sp³-hybridized carbons (Fsp3) is 0.0909. The third-order valence-electron chi connectivity index (χ3n) is 4.53. The van der Waals surface area contributed by atoms with Crippen LogP contribution in [0.2, 0.25) is 0 Å². The molecule has 180 valence electrons. The molecule has 2 N–H and O–H groups in total. The number of phenolic OH excluding ortho intramolecular Hbond substituents is 1. The number of benzene rings is 2. The molecule has 2 atom stereocenters. The van der Waals surface area contributed by atoms with Crippen molar-refractivity contribution in [2.45, 2.75) is 5.92 Å². The molecular weight excluding hydrogens is 656 g/mol. The standard InChI is InChI=1S/C20H14O5.2CH3.2ClH.HNO2.Pt/c21-11-5-7-15-17(9-11)25-18-10-12(22)6-8-16(18)19(15)13-3-1-2-4-14(13)20(23)24;;;;;2-1-3;/h1-10,15,19,22H,(H,23,24);2*1H3;2*1H;(H,2,3);/q;2*-1;;;;+4/p-3. The molecule has 8 nitrogen and oxygen atoms in total. The Morgan fingerprint density at radius 3 is 2.27 bits per heavy atom. The number of nitrogens with zero attached hydrogens (tertiary/aromatic N) is 1. The van der Waals surface area contributed by atoms with Gasteiger partial charge in [-0.25, -0.2) is 4.79 Å². The number of ketones is 1. The first-order chi connectivity index (χ1) is 13.5. The van der Waals surface area contributed by atoms with E-state index in [4.69, 9.17) is 14.9 Å². The van der Waals surface area contributed by atoms with E-state index in [1.54, 1.807) is 42.5 Å². The van der Waals surface area contributed by atoms with Gasteiger partial charge in [0.2, 0.25) is 0 Å². The summed E-state index contributed by atoms with van der Waals surface area (Å²) >= 11 is 0. The molecule has 0 saturated carbocycles. The SMILES string of the molecule is O=C1C=CC2C(=C1)Oc1cc(O)ccc1C2c1ccccc1C(=O)O.O=N[O-].[CH3-].[CH3-].[Cl-].[Cl-].[Pt+4]. The quantitative estimate of drug-likeness (QED) is 0.223. The number of carboxylic acids is 1. The summed E-state index contributed by atoms with van der Waals surface area (Å²) in [5, 5.41) is 28.3. The first-order valence-electron chi connectivity index (χ1n) is 8.18. The maximum absolute atomic E-state index is 11.7. The number of ether oxygens (including phenoxy) is 1. The molecule has 11 heteroatoms. The number of rotatable bonds is 2. The van der Waals surface area contributed by atoms with Gasteiger partial charge in [-0.15, -0.1) is 5.34 Å². The van der Waals surface area contributed by atoms with Crippen molar-refractivity contribution in [2.75, 3.05) is 0 Å². The third-order valence-corrected chi connectivity index (χ3v) is 4.53. The Kier molecular flexibility index (Phi) is 16.1. The van der Waals surface area contributed by atoms with Crippen LogP contribution in [0.5, 0.6) is 11.5 Å². The number of aromatic hydroxyl groups is 1. The topological polar surface area (TPSA) is 136 Å². The Morgan fingerprint density at radius 2 is 1.67 bits per heavy atom. The summed E-state index contributed by atoms with van der Waals surface area (Å²) in [6.45, 7) is 0. The summed E-state index contributed by atoms with van der Waals surface area (Å²) in [5.41, 5.74) is 1.62. The van der Waals surface area contributed by atoms with Gasteiger partial charge < -0.3 is 64.7 Å². The minimum absolute atomic E-state index is 0. The van der Waals surface area contributed by atoms with Crippen molar-refractivity contribution >= 4 is 11.8 Å². The van der Waals surface area contributed by atoms with E-state index in [-0.39, 0.29) is 89.7 Å². The molecule has 2 unspecified atom stereocenters. The van der Waals surface area contributed by atoms with Crippen LogP contribution in [0.1, 0.15) is 27.4 Å². The van der Waals surface area contributed by atoms with Gasteiger partial charge in [-0.1, -0.05) is 30.3 Å². The normalized spacial score (nSPS) is 16.2. The number of aromatic carboxylic acids is 1. The second-order valence-electron chi connectivity index (χ2n) is 6.10. The molecule has 33 heavy (non-hydrogen) atoms. The Hall–Kier alpha value is -2.67. The molecule has 4 rings (SSSR count). The van der Waals surface area contributed by atoms with E-state index < -0.39 is 5.97 Å². The predicted octanol–water partition coefficient (Wildman–Crippen LogP) is -1.59. The molecule has 2 aliphatic rings. The van der Waals surface area contributed by atoms with Crippen molar-refractivity contribution in [1.29, 1.82) is 0 Å². The van der Waals surface area contributed by atoms with Gasteiger partial charge in [0, 0.05) is 29.5 Å². The zero-order valence-electron chi connectivity index (χ0n) is 17.4. The number of hydrogen-bond acceptors (Lipinski definition) is 7. The molecular formula is C22H20Cl2NO7Pt-. The molecule has 0 amide bonds. The Labute approximate surface area is 218 Å². The Balaban J connectivity index is -0.00000107. The van der Waals surface area contributed by atoms with Crippen LogP contribution in [-0.2, 0) is 25.9 Å². The summed E-state index contributed by atoms with van der Waals surface area (Å²) in [6, 6.07) is 11.6. The van der Waals surface area contributed by atoms with Crippen molar-refractivity contribution in [2.24, 2.45) is 11.3 Å². The molecule has 0 fully saturated rings. The van der Waals surface area contributed by atoms with Gasteiger partial charge in [0.15, 0.2) is 5.78 Å². The van der Waals surface area contributed by atoms with E-state index in [1.807, 2.05) is 0 Å². The molecule has 2 aromatic rings. The van der Waals surface area contributed by atoms with Crippen molar-refractivity contribution in [3.05, 3.63) is 108 Å². The van der Waals surface area contributed by atoms with E-state index in [0.717, 1.165) is 10.9 Å². The molecule has 0 aromatic heterocycles. The molecule has 1 heterocycles. The summed E-state index contributed by atoms with van der Waals surface area (Å²) in [4.78, 5) is 31.4. The number of phenols is 1. The van der Waals surface area contributed by atoms with Crippen LogP contribution in [0.25, 0.3) is 0 Å². The number of carbonyl (C=O) groups excluding carboxylic acids is 1. The summed E-state index contributed by atoms with van der Waals surface area (Å²) < 4.78 is 5.82. The maximum Gasteiger partial charge on any atom is 4.00 e. The molecule has 0 saturated heterocycles. The van der Waals surface area contributed by atoms with E-state index in [0.29, 0.717) is 17.1 Å². The smallest absolute Gasteiger partial charge is 1.00 e.